The molecule has 16 heavy (non-hydrogen) atoms. The molecule has 90 valence electrons. The first kappa shape index (κ1) is 12.9. The second kappa shape index (κ2) is 7.19. The first-order chi connectivity index (χ1) is 7.68. The summed E-state index contributed by atoms with van der Waals surface area (Å²) in [6, 6.07) is 0. The third kappa shape index (κ3) is 5.67. The number of hydrogen-bond acceptors (Lipinski definition) is 4. The molecule has 0 aliphatic carbocycles. The van der Waals surface area contributed by atoms with Gasteiger partial charge in [0.25, 0.3) is 0 Å². The van der Waals surface area contributed by atoms with E-state index in [0.29, 0.717) is 6.54 Å². The summed E-state index contributed by atoms with van der Waals surface area (Å²) in [6.07, 6.45) is 2.85. The molecule has 0 aliphatic heterocycles. The fourth-order valence-electron chi connectivity index (χ4n) is 1.33. The van der Waals surface area contributed by atoms with Crippen molar-refractivity contribution in [2.45, 2.75) is 32.2 Å². The first-order valence-corrected chi connectivity index (χ1v) is 6.15. The Morgan fingerprint density at radius 1 is 1.44 bits per heavy atom. The number of aromatic nitrogens is 1. The Balaban J connectivity index is 1.96. The van der Waals surface area contributed by atoms with Gasteiger partial charge in [0.05, 0.1) is 0 Å². The lowest BCUT2D eigenvalue weighted by Crippen LogP contribution is -2.15. The van der Waals surface area contributed by atoms with Crippen LogP contribution in [0, 0.1) is 0 Å². The Morgan fingerprint density at radius 2 is 2.25 bits per heavy atom. The Hall–Kier alpha value is -1.14. The number of aliphatic carboxylic acids is 1. The maximum atomic E-state index is 10.8. The summed E-state index contributed by atoms with van der Waals surface area (Å²) < 4.78 is 0. The molecule has 1 aromatic rings. The average Bonchev–Trinajstić information content (AvgIpc) is 2.62. The molecule has 0 saturated heterocycles. The number of carbonyl (C=O) groups is 1. The molecule has 6 heteroatoms. The van der Waals surface area contributed by atoms with Crippen LogP contribution in [0.5, 0.6) is 0 Å². The van der Waals surface area contributed by atoms with Crippen molar-refractivity contribution in [3.63, 3.8) is 0 Å². The van der Waals surface area contributed by atoms with E-state index >= 15 is 0 Å². The van der Waals surface area contributed by atoms with E-state index in [1.54, 1.807) is 5.38 Å². The van der Waals surface area contributed by atoms with Crippen LogP contribution < -0.4 is 10.2 Å². The Kier molecular flexibility index (Phi) is 5.81. The van der Waals surface area contributed by atoms with Crippen molar-refractivity contribution in [3.8, 4) is 0 Å². The van der Waals surface area contributed by atoms with Crippen molar-refractivity contribution in [1.29, 1.82) is 0 Å². The molecule has 5 nitrogen and oxygen atoms in total. The zero-order valence-corrected chi connectivity index (χ0v) is 9.81. The lowest BCUT2D eigenvalue weighted by atomic mass is 10.2. The zero-order valence-electron chi connectivity index (χ0n) is 8.99. The largest absolute Gasteiger partial charge is 0.481 e. The quantitative estimate of drug-likeness (QED) is 0.599. The molecule has 0 atom stereocenters. The highest BCUT2D eigenvalue weighted by Crippen LogP contribution is 1.99. The van der Waals surface area contributed by atoms with Crippen LogP contribution in [0.15, 0.2) is 10.2 Å². The van der Waals surface area contributed by atoms with E-state index < -0.39 is 5.97 Å². The molecular formula is C10H16N2O3S. The van der Waals surface area contributed by atoms with Gasteiger partial charge in [0.1, 0.15) is 0 Å². The molecule has 0 unspecified atom stereocenters. The fraction of sp³-hybridized carbons (Fsp3) is 0.600. The van der Waals surface area contributed by atoms with E-state index in [1.807, 2.05) is 0 Å². The van der Waals surface area contributed by atoms with Crippen LogP contribution in [0.25, 0.3) is 0 Å². The van der Waals surface area contributed by atoms with Gasteiger partial charge in [-0.05, 0) is 19.4 Å². The van der Waals surface area contributed by atoms with Gasteiger partial charge in [0, 0.05) is 24.0 Å². The Bertz CT molecular complexity index is 372. The summed E-state index contributed by atoms with van der Waals surface area (Å²) in [7, 11) is 0. The Morgan fingerprint density at radius 3 is 2.88 bits per heavy atom. The minimum atomic E-state index is -0.733. The third-order valence-corrected chi connectivity index (χ3v) is 2.85. The zero-order chi connectivity index (χ0) is 11.8. The molecule has 0 spiro atoms. The van der Waals surface area contributed by atoms with E-state index in [-0.39, 0.29) is 11.3 Å². The van der Waals surface area contributed by atoms with E-state index in [9.17, 15) is 9.59 Å². The van der Waals surface area contributed by atoms with E-state index in [0.717, 1.165) is 42.8 Å². The molecular weight excluding hydrogens is 228 g/mol. The number of H-pyrrole nitrogens is 1. The van der Waals surface area contributed by atoms with Gasteiger partial charge in [-0.15, -0.1) is 0 Å². The molecule has 0 radical (unpaired) electrons. The number of rotatable bonds is 8. The number of carboxylic acids is 1. The second-order valence-corrected chi connectivity index (χ2v) is 4.40. The van der Waals surface area contributed by atoms with Gasteiger partial charge in [0.15, 0.2) is 0 Å². The smallest absolute Gasteiger partial charge is 0.304 e. The van der Waals surface area contributed by atoms with Crippen LogP contribution in [0.3, 0.4) is 0 Å². The lowest BCUT2D eigenvalue weighted by Gasteiger charge is -2.02. The van der Waals surface area contributed by atoms with Gasteiger partial charge in [-0.3, -0.25) is 9.59 Å². The number of carboxylic acid groups (broad SMARTS) is 1. The lowest BCUT2D eigenvalue weighted by molar-refractivity contribution is -0.137. The topological polar surface area (TPSA) is 82.2 Å². The minimum Gasteiger partial charge on any atom is -0.481 e. The number of aromatic amines is 1. The third-order valence-electron chi connectivity index (χ3n) is 2.13. The molecule has 0 bridgehead atoms. The van der Waals surface area contributed by atoms with Crippen molar-refractivity contribution in [1.82, 2.24) is 10.3 Å². The van der Waals surface area contributed by atoms with Crippen LogP contribution in [0.4, 0.5) is 0 Å². The monoisotopic (exact) mass is 244 g/mol. The highest BCUT2D eigenvalue weighted by atomic mass is 32.1. The maximum Gasteiger partial charge on any atom is 0.304 e. The molecule has 1 heterocycles. The molecule has 0 fully saturated rings. The van der Waals surface area contributed by atoms with Gasteiger partial charge in [-0.1, -0.05) is 17.8 Å². The number of thiazole rings is 1. The van der Waals surface area contributed by atoms with Crippen molar-refractivity contribution in [2.24, 2.45) is 0 Å². The standard InChI is InChI=1S/C10H16N2O3S/c13-9(14)4-2-1-3-5-11-6-8-7-16-10(15)12-8/h7,11H,1-6H2,(H,12,15)(H,13,14). The average molecular weight is 244 g/mol. The van der Waals surface area contributed by atoms with Crippen LogP contribution in [-0.2, 0) is 11.3 Å². The Labute approximate surface area is 97.5 Å². The molecule has 1 rings (SSSR count). The SMILES string of the molecule is O=C(O)CCCCCNCc1csc(=O)[nH]1. The van der Waals surface area contributed by atoms with Crippen LogP contribution in [0.2, 0.25) is 0 Å². The second-order valence-electron chi connectivity index (χ2n) is 3.55. The van der Waals surface area contributed by atoms with Gasteiger partial charge in [-0.2, -0.15) is 0 Å². The van der Waals surface area contributed by atoms with Gasteiger partial charge in [-0.25, -0.2) is 0 Å². The highest BCUT2D eigenvalue weighted by Gasteiger charge is 1.97. The summed E-state index contributed by atoms with van der Waals surface area (Å²) in [5.41, 5.74) is 0.903. The van der Waals surface area contributed by atoms with E-state index in [1.165, 1.54) is 0 Å². The van der Waals surface area contributed by atoms with Crippen LogP contribution >= 0.6 is 11.3 Å². The maximum absolute atomic E-state index is 10.8. The normalized spacial score (nSPS) is 10.5. The van der Waals surface area contributed by atoms with Gasteiger partial charge < -0.3 is 15.4 Å². The summed E-state index contributed by atoms with van der Waals surface area (Å²) in [5.74, 6) is -0.733. The van der Waals surface area contributed by atoms with Crippen molar-refractivity contribution >= 4 is 17.3 Å². The molecule has 0 aromatic carbocycles. The van der Waals surface area contributed by atoms with Crippen molar-refractivity contribution < 1.29 is 9.90 Å². The van der Waals surface area contributed by atoms with E-state index in [4.69, 9.17) is 5.11 Å². The molecule has 3 N–H and O–H groups in total. The van der Waals surface area contributed by atoms with Crippen LogP contribution in [0.1, 0.15) is 31.4 Å². The predicted molar refractivity (Wildman–Crippen MR) is 62.8 cm³/mol. The summed E-state index contributed by atoms with van der Waals surface area (Å²) >= 11 is 1.16. The summed E-state index contributed by atoms with van der Waals surface area (Å²) in [4.78, 5) is 23.7. The molecule has 0 saturated carbocycles. The number of unbranched alkanes of at least 4 members (excludes halogenated alkanes) is 2. The number of nitrogens with one attached hydrogen (secondary N) is 2. The molecule has 0 aliphatic rings. The fourth-order valence-corrected chi connectivity index (χ4v) is 1.91. The van der Waals surface area contributed by atoms with Crippen molar-refractivity contribution in [3.05, 3.63) is 20.7 Å². The summed E-state index contributed by atoms with van der Waals surface area (Å²) in [6.45, 7) is 1.51. The van der Waals surface area contributed by atoms with E-state index in [2.05, 4.69) is 10.3 Å². The first-order valence-electron chi connectivity index (χ1n) is 5.27. The van der Waals surface area contributed by atoms with Gasteiger partial charge >= 0.3 is 10.8 Å². The van der Waals surface area contributed by atoms with Crippen LogP contribution in [-0.4, -0.2) is 22.6 Å². The highest BCUT2D eigenvalue weighted by molar-refractivity contribution is 7.07. The molecule has 0 amide bonds. The van der Waals surface area contributed by atoms with Crippen molar-refractivity contribution in [2.75, 3.05) is 6.54 Å². The minimum absolute atomic E-state index is 0.0294. The predicted octanol–water partition coefficient (Wildman–Crippen LogP) is 1.17. The molecule has 1 aromatic heterocycles. The number of hydrogen-bond donors (Lipinski definition) is 3. The summed E-state index contributed by atoms with van der Waals surface area (Å²) in [5, 5.41) is 13.4. The van der Waals surface area contributed by atoms with Gasteiger partial charge in [0.2, 0.25) is 0 Å².